The maximum atomic E-state index is 13.6. The standard InChI is InChI=1S/C19H18F2N2O4S2/c1-29(26,27)15-7-6-14-17(18(23-22-14)10-2-3-10)16(15)11-4-5-12(9-28(24)25)13(8-11)19(20)21/h4-8,10,19,28H,2-3,9H2,1H3,(H,22,23). The molecule has 0 spiro atoms. The molecule has 0 aliphatic heterocycles. The first-order valence-corrected chi connectivity index (χ1v) is 12.2. The number of fused-ring (bicyclic) bond motifs is 1. The number of aromatic amines is 1. The van der Waals surface area contributed by atoms with Crippen molar-refractivity contribution in [3.05, 3.63) is 47.2 Å². The first-order valence-electron chi connectivity index (χ1n) is 8.91. The summed E-state index contributed by atoms with van der Waals surface area (Å²) in [7, 11) is -6.54. The van der Waals surface area contributed by atoms with Gasteiger partial charge in [0.15, 0.2) is 9.84 Å². The largest absolute Gasteiger partial charge is 0.278 e. The number of halogens is 2. The predicted octanol–water partition coefficient (Wildman–Crippen LogP) is 3.56. The van der Waals surface area contributed by atoms with Gasteiger partial charge in [-0.1, -0.05) is 12.1 Å². The minimum absolute atomic E-state index is 0.00236. The lowest BCUT2D eigenvalue weighted by Crippen LogP contribution is -2.02. The fourth-order valence-electron chi connectivity index (χ4n) is 3.60. The van der Waals surface area contributed by atoms with Crippen molar-refractivity contribution < 1.29 is 25.6 Å². The van der Waals surface area contributed by atoms with Crippen molar-refractivity contribution in [2.75, 3.05) is 6.26 Å². The highest BCUT2D eigenvalue weighted by molar-refractivity contribution is 7.90. The SMILES string of the molecule is CS(=O)(=O)c1ccc2[nH]nc(C3CC3)c2c1-c1ccc(C[SH](=O)=O)c(C(F)F)c1. The summed E-state index contributed by atoms with van der Waals surface area (Å²) in [6, 6.07) is 7.06. The van der Waals surface area contributed by atoms with Gasteiger partial charge in [0.25, 0.3) is 6.43 Å². The molecule has 1 aliphatic rings. The Balaban J connectivity index is 2.04. The van der Waals surface area contributed by atoms with Crippen LogP contribution in [0.25, 0.3) is 22.0 Å². The number of alkyl halides is 2. The summed E-state index contributed by atoms with van der Waals surface area (Å²) in [5.74, 6) is -0.298. The van der Waals surface area contributed by atoms with Crippen LogP contribution in [0.5, 0.6) is 0 Å². The van der Waals surface area contributed by atoms with E-state index in [0.717, 1.165) is 24.8 Å². The molecule has 1 aliphatic carbocycles. The van der Waals surface area contributed by atoms with Crippen LogP contribution in [0.4, 0.5) is 8.78 Å². The molecule has 0 amide bonds. The summed E-state index contributed by atoms with van der Waals surface area (Å²) in [4.78, 5) is 0.0242. The smallest absolute Gasteiger partial charge is 0.264 e. The minimum atomic E-state index is -3.66. The average molecular weight is 440 g/mol. The van der Waals surface area contributed by atoms with Gasteiger partial charge in [-0.15, -0.1) is 0 Å². The molecule has 1 N–H and O–H groups in total. The van der Waals surface area contributed by atoms with Gasteiger partial charge in [-0.2, -0.15) is 5.10 Å². The maximum absolute atomic E-state index is 13.6. The van der Waals surface area contributed by atoms with E-state index in [4.69, 9.17) is 0 Å². The number of nitrogens with zero attached hydrogens (tertiary/aromatic N) is 1. The van der Waals surface area contributed by atoms with Crippen LogP contribution in [0.2, 0.25) is 0 Å². The number of hydrogen-bond donors (Lipinski definition) is 2. The Morgan fingerprint density at radius 1 is 1.21 bits per heavy atom. The van der Waals surface area contributed by atoms with E-state index in [1.807, 2.05) is 0 Å². The Morgan fingerprint density at radius 3 is 2.52 bits per heavy atom. The Labute approximate surface area is 167 Å². The number of aromatic nitrogens is 2. The van der Waals surface area contributed by atoms with Gasteiger partial charge in [0, 0.05) is 28.7 Å². The lowest BCUT2D eigenvalue weighted by molar-refractivity contribution is 0.150. The molecule has 1 heterocycles. The normalized spacial score (nSPS) is 14.9. The van der Waals surface area contributed by atoms with Crippen LogP contribution in [-0.2, 0) is 26.3 Å². The number of sulfone groups is 1. The molecule has 0 saturated heterocycles. The summed E-state index contributed by atoms with van der Waals surface area (Å²) in [6.07, 6.45) is 0.0348. The molecule has 0 bridgehead atoms. The second kappa shape index (κ2) is 7.17. The Bertz CT molecular complexity index is 1290. The molecule has 29 heavy (non-hydrogen) atoms. The van der Waals surface area contributed by atoms with Gasteiger partial charge in [0.1, 0.15) is 10.7 Å². The minimum Gasteiger partial charge on any atom is -0.278 e. The summed E-state index contributed by atoms with van der Waals surface area (Å²) in [5.41, 5.74) is 1.54. The molecule has 0 unspecified atom stereocenters. The van der Waals surface area contributed by atoms with Crippen molar-refractivity contribution >= 4 is 31.4 Å². The number of H-pyrrole nitrogens is 1. The van der Waals surface area contributed by atoms with E-state index in [2.05, 4.69) is 10.2 Å². The van der Waals surface area contributed by atoms with Crippen LogP contribution in [0.1, 0.15) is 42.0 Å². The molecule has 154 valence electrons. The van der Waals surface area contributed by atoms with E-state index in [9.17, 15) is 25.6 Å². The summed E-state index contributed by atoms with van der Waals surface area (Å²) < 4.78 is 74.3. The van der Waals surface area contributed by atoms with Gasteiger partial charge >= 0.3 is 0 Å². The fraction of sp³-hybridized carbons (Fsp3) is 0.316. The van der Waals surface area contributed by atoms with E-state index in [1.54, 1.807) is 6.07 Å². The molecule has 1 saturated carbocycles. The number of nitrogens with one attached hydrogen (secondary N) is 1. The van der Waals surface area contributed by atoms with Crippen molar-refractivity contribution in [1.29, 1.82) is 0 Å². The highest BCUT2D eigenvalue weighted by Crippen LogP contribution is 2.46. The fourth-order valence-corrected chi connectivity index (χ4v) is 5.08. The van der Waals surface area contributed by atoms with E-state index in [1.165, 1.54) is 24.3 Å². The van der Waals surface area contributed by atoms with Gasteiger partial charge in [0.05, 0.1) is 21.9 Å². The van der Waals surface area contributed by atoms with Gasteiger partial charge in [0.2, 0.25) is 0 Å². The van der Waals surface area contributed by atoms with Gasteiger partial charge < -0.3 is 0 Å². The number of hydrogen-bond acceptors (Lipinski definition) is 5. The summed E-state index contributed by atoms with van der Waals surface area (Å²) >= 11 is 0. The molecule has 0 atom stereocenters. The monoisotopic (exact) mass is 440 g/mol. The van der Waals surface area contributed by atoms with Crippen molar-refractivity contribution in [2.45, 2.75) is 35.8 Å². The van der Waals surface area contributed by atoms with Gasteiger partial charge in [-0.05, 0) is 42.2 Å². The number of thiol groups is 1. The van der Waals surface area contributed by atoms with E-state index in [0.29, 0.717) is 22.0 Å². The molecule has 0 radical (unpaired) electrons. The molecular formula is C19H18F2N2O4S2. The Morgan fingerprint density at radius 2 is 1.93 bits per heavy atom. The maximum Gasteiger partial charge on any atom is 0.264 e. The molecule has 10 heteroatoms. The molecule has 1 aromatic heterocycles. The lowest BCUT2D eigenvalue weighted by atomic mass is 9.95. The van der Waals surface area contributed by atoms with Crippen molar-refractivity contribution in [1.82, 2.24) is 10.2 Å². The predicted molar refractivity (Wildman–Crippen MR) is 106 cm³/mol. The van der Waals surface area contributed by atoms with Crippen LogP contribution in [0, 0.1) is 0 Å². The Kier molecular flexibility index (Phi) is 4.94. The zero-order valence-electron chi connectivity index (χ0n) is 15.4. The third-order valence-electron chi connectivity index (χ3n) is 5.05. The summed E-state index contributed by atoms with van der Waals surface area (Å²) in [6.45, 7) is 0. The van der Waals surface area contributed by atoms with Crippen LogP contribution in [0.15, 0.2) is 35.2 Å². The van der Waals surface area contributed by atoms with Crippen LogP contribution in [0.3, 0.4) is 0 Å². The molecule has 3 aromatic rings. The van der Waals surface area contributed by atoms with Crippen molar-refractivity contribution in [3.63, 3.8) is 0 Å². The van der Waals surface area contributed by atoms with Crippen LogP contribution in [-0.4, -0.2) is 33.3 Å². The number of benzene rings is 2. The van der Waals surface area contributed by atoms with Crippen LogP contribution < -0.4 is 0 Å². The molecule has 2 aromatic carbocycles. The van der Waals surface area contributed by atoms with Gasteiger partial charge in [-0.25, -0.2) is 25.6 Å². The molecule has 1 fully saturated rings. The van der Waals surface area contributed by atoms with E-state index >= 15 is 0 Å². The van der Waals surface area contributed by atoms with Gasteiger partial charge in [-0.3, -0.25) is 5.10 Å². The average Bonchev–Trinajstić information content (AvgIpc) is 3.38. The highest BCUT2D eigenvalue weighted by Gasteiger charge is 2.31. The highest BCUT2D eigenvalue weighted by atomic mass is 32.2. The third kappa shape index (κ3) is 3.78. The number of rotatable bonds is 6. The second-order valence-electron chi connectivity index (χ2n) is 7.22. The van der Waals surface area contributed by atoms with Crippen molar-refractivity contribution in [2.24, 2.45) is 0 Å². The van der Waals surface area contributed by atoms with E-state index < -0.39 is 38.3 Å². The second-order valence-corrected chi connectivity index (χ2v) is 10.2. The quantitative estimate of drug-likeness (QED) is 0.572. The van der Waals surface area contributed by atoms with E-state index in [-0.39, 0.29) is 16.4 Å². The zero-order valence-corrected chi connectivity index (χ0v) is 17.1. The zero-order chi connectivity index (χ0) is 20.9. The van der Waals surface area contributed by atoms with Crippen molar-refractivity contribution in [3.8, 4) is 11.1 Å². The topological polar surface area (TPSA) is 97.0 Å². The first-order chi connectivity index (χ1) is 13.7. The summed E-state index contributed by atoms with van der Waals surface area (Å²) in [5, 5.41) is 7.84. The molecular weight excluding hydrogens is 422 g/mol. The van der Waals surface area contributed by atoms with Crippen LogP contribution >= 0.6 is 0 Å². The first kappa shape index (κ1) is 20.0. The molecule has 4 rings (SSSR count). The third-order valence-corrected chi connectivity index (χ3v) is 6.79. The Hall–Kier alpha value is -2.33. The molecule has 6 nitrogen and oxygen atoms in total. The lowest BCUT2D eigenvalue weighted by Gasteiger charge is -2.14.